The fourth-order valence-electron chi connectivity index (χ4n) is 3.18. The van der Waals surface area contributed by atoms with Crippen molar-refractivity contribution in [2.24, 2.45) is 5.92 Å². The lowest BCUT2D eigenvalue weighted by Gasteiger charge is -2.20. The van der Waals surface area contributed by atoms with E-state index in [2.05, 4.69) is 15.3 Å². The minimum atomic E-state index is 0.260. The molecule has 1 aliphatic rings. The summed E-state index contributed by atoms with van der Waals surface area (Å²) in [6.45, 7) is 1.74. The number of nitrogens with zero attached hydrogens (tertiary/aromatic N) is 3. The molecular weight excluding hydrogens is 320 g/mol. The second-order valence-corrected chi connectivity index (χ2v) is 7.31. The van der Waals surface area contributed by atoms with E-state index in [-0.39, 0.29) is 5.91 Å². The van der Waals surface area contributed by atoms with Crippen molar-refractivity contribution in [3.8, 4) is 0 Å². The van der Waals surface area contributed by atoms with Crippen LogP contribution in [0, 0.1) is 5.92 Å². The molecule has 1 fully saturated rings. The van der Waals surface area contributed by atoms with E-state index in [0.29, 0.717) is 12.3 Å². The average molecular weight is 344 g/mol. The molecule has 3 rings (SSSR count). The van der Waals surface area contributed by atoms with Crippen molar-refractivity contribution in [2.75, 3.05) is 25.5 Å². The van der Waals surface area contributed by atoms with E-state index in [4.69, 9.17) is 0 Å². The first kappa shape index (κ1) is 16.9. The third kappa shape index (κ3) is 4.54. The summed E-state index contributed by atoms with van der Waals surface area (Å²) in [5.41, 5.74) is 1.04. The Kier molecular flexibility index (Phi) is 5.80. The van der Waals surface area contributed by atoms with Crippen LogP contribution in [0.15, 0.2) is 29.9 Å². The van der Waals surface area contributed by atoms with Crippen LogP contribution in [-0.2, 0) is 17.6 Å². The van der Waals surface area contributed by atoms with Gasteiger partial charge in [0.1, 0.15) is 5.82 Å². The highest BCUT2D eigenvalue weighted by molar-refractivity contribution is 7.10. The maximum absolute atomic E-state index is 12.5. The Balaban J connectivity index is 1.51. The van der Waals surface area contributed by atoms with Crippen molar-refractivity contribution in [1.29, 1.82) is 0 Å². The molecule has 0 bridgehead atoms. The van der Waals surface area contributed by atoms with Gasteiger partial charge in [-0.1, -0.05) is 6.07 Å². The Morgan fingerprint density at radius 3 is 2.96 bits per heavy atom. The molecule has 3 heterocycles. The zero-order valence-corrected chi connectivity index (χ0v) is 14.9. The fraction of sp³-hybridized carbons (Fsp3) is 0.500. The number of likely N-dealkylation sites (tertiary alicyclic amines) is 1. The molecule has 1 atom stereocenters. The highest BCUT2D eigenvalue weighted by atomic mass is 32.1. The first-order valence-corrected chi connectivity index (χ1v) is 9.41. The van der Waals surface area contributed by atoms with Crippen molar-refractivity contribution < 1.29 is 4.79 Å². The molecule has 0 aromatic carbocycles. The summed E-state index contributed by atoms with van der Waals surface area (Å²) in [5, 5.41) is 5.02. The van der Waals surface area contributed by atoms with E-state index in [0.717, 1.165) is 55.2 Å². The molecule has 0 saturated carbocycles. The van der Waals surface area contributed by atoms with Crippen LogP contribution in [0.2, 0.25) is 0 Å². The van der Waals surface area contributed by atoms with Gasteiger partial charge in [0.2, 0.25) is 5.91 Å². The topological polar surface area (TPSA) is 58.1 Å². The number of carbonyl (C=O) groups excluding carboxylic acids is 1. The van der Waals surface area contributed by atoms with Gasteiger partial charge in [0, 0.05) is 25.0 Å². The predicted octanol–water partition coefficient (Wildman–Crippen LogP) is 2.99. The lowest BCUT2D eigenvalue weighted by Crippen LogP contribution is -2.33. The van der Waals surface area contributed by atoms with Gasteiger partial charge in [-0.25, -0.2) is 4.98 Å². The monoisotopic (exact) mass is 344 g/mol. The third-order valence-electron chi connectivity index (χ3n) is 4.57. The minimum absolute atomic E-state index is 0.260. The van der Waals surface area contributed by atoms with E-state index in [1.54, 1.807) is 17.5 Å². The van der Waals surface area contributed by atoms with Crippen molar-refractivity contribution in [1.82, 2.24) is 14.9 Å². The number of carbonyl (C=O) groups is 1. The van der Waals surface area contributed by atoms with E-state index in [9.17, 15) is 4.79 Å². The van der Waals surface area contributed by atoms with Crippen LogP contribution in [0.1, 0.15) is 29.8 Å². The zero-order chi connectivity index (χ0) is 16.8. The van der Waals surface area contributed by atoms with Crippen LogP contribution in [0.25, 0.3) is 0 Å². The number of rotatable bonds is 5. The summed E-state index contributed by atoms with van der Waals surface area (Å²) < 4.78 is 0. The highest BCUT2D eigenvalue weighted by Gasteiger charge is 2.21. The Bertz CT molecular complexity index is 642. The molecule has 1 saturated heterocycles. The van der Waals surface area contributed by atoms with Gasteiger partial charge >= 0.3 is 0 Å². The summed E-state index contributed by atoms with van der Waals surface area (Å²) in [4.78, 5) is 24.5. The molecule has 1 aliphatic heterocycles. The van der Waals surface area contributed by atoms with Gasteiger partial charge in [-0.05, 0) is 43.0 Å². The van der Waals surface area contributed by atoms with E-state index < -0.39 is 0 Å². The van der Waals surface area contributed by atoms with Crippen molar-refractivity contribution >= 4 is 23.1 Å². The lowest BCUT2D eigenvalue weighted by molar-refractivity contribution is -0.130. The number of hydrogen-bond donors (Lipinski definition) is 1. The van der Waals surface area contributed by atoms with Gasteiger partial charge in [-0.3, -0.25) is 9.78 Å². The summed E-state index contributed by atoms with van der Waals surface area (Å²) in [7, 11) is 1.84. The molecule has 0 aliphatic carbocycles. The summed E-state index contributed by atoms with van der Waals surface area (Å²) >= 11 is 1.66. The average Bonchev–Trinajstić information content (AvgIpc) is 3.00. The van der Waals surface area contributed by atoms with E-state index in [1.165, 1.54) is 0 Å². The van der Waals surface area contributed by atoms with Crippen LogP contribution >= 0.6 is 11.3 Å². The largest absolute Gasteiger partial charge is 0.372 e. The van der Waals surface area contributed by atoms with Crippen LogP contribution in [0.4, 0.5) is 5.82 Å². The molecule has 6 heteroatoms. The van der Waals surface area contributed by atoms with Crippen LogP contribution in [0.5, 0.6) is 0 Å². The quantitative estimate of drug-likeness (QED) is 0.906. The number of thiophene rings is 1. The van der Waals surface area contributed by atoms with Crippen LogP contribution in [0.3, 0.4) is 0 Å². The standard InChI is InChI=1S/C18H24N4OS/c1-19-17-13-20-15(12-21-17)10-14-4-2-7-22(8-6-14)18(23)11-16-5-3-9-24-16/h3,5,9,12-14H,2,4,6-8,10-11H2,1H3,(H,19,21). The number of hydrogen-bond acceptors (Lipinski definition) is 5. The second kappa shape index (κ2) is 8.24. The van der Waals surface area contributed by atoms with Gasteiger partial charge < -0.3 is 10.2 Å². The number of anilines is 1. The first-order valence-electron chi connectivity index (χ1n) is 8.53. The van der Waals surface area contributed by atoms with Crippen molar-refractivity contribution in [3.63, 3.8) is 0 Å². The molecule has 2 aromatic heterocycles. The van der Waals surface area contributed by atoms with Gasteiger partial charge in [-0.15, -0.1) is 11.3 Å². The zero-order valence-electron chi connectivity index (χ0n) is 14.1. The van der Waals surface area contributed by atoms with Crippen molar-refractivity contribution in [2.45, 2.75) is 32.1 Å². The van der Waals surface area contributed by atoms with Gasteiger partial charge in [0.25, 0.3) is 0 Å². The molecule has 1 amide bonds. The summed E-state index contributed by atoms with van der Waals surface area (Å²) in [5.74, 6) is 1.64. The molecule has 0 radical (unpaired) electrons. The Hall–Kier alpha value is -1.95. The molecule has 1 unspecified atom stereocenters. The van der Waals surface area contributed by atoms with Gasteiger partial charge in [0.05, 0.1) is 24.5 Å². The third-order valence-corrected chi connectivity index (χ3v) is 5.44. The highest BCUT2D eigenvalue weighted by Crippen LogP contribution is 2.22. The maximum Gasteiger partial charge on any atom is 0.227 e. The van der Waals surface area contributed by atoms with Gasteiger partial charge in [-0.2, -0.15) is 0 Å². The van der Waals surface area contributed by atoms with Crippen molar-refractivity contribution in [3.05, 3.63) is 40.5 Å². The summed E-state index contributed by atoms with van der Waals surface area (Å²) in [6, 6.07) is 4.04. The number of nitrogens with one attached hydrogen (secondary N) is 1. The van der Waals surface area contributed by atoms with Crippen LogP contribution in [-0.4, -0.2) is 40.9 Å². The van der Waals surface area contributed by atoms with Gasteiger partial charge in [0.15, 0.2) is 0 Å². The second-order valence-electron chi connectivity index (χ2n) is 6.28. The lowest BCUT2D eigenvalue weighted by atomic mass is 9.95. The number of aromatic nitrogens is 2. The SMILES string of the molecule is CNc1cnc(CC2CCCN(C(=O)Cc3cccs3)CC2)cn1. The van der Waals surface area contributed by atoms with E-state index in [1.807, 2.05) is 35.7 Å². The predicted molar refractivity (Wildman–Crippen MR) is 97.2 cm³/mol. The normalized spacial score (nSPS) is 18.2. The Morgan fingerprint density at radius 1 is 1.33 bits per heavy atom. The number of amides is 1. The molecule has 128 valence electrons. The summed E-state index contributed by atoms with van der Waals surface area (Å²) in [6.07, 6.45) is 8.40. The van der Waals surface area contributed by atoms with E-state index >= 15 is 0 Å². The van der Waals surface area contributed by atoms with Crippen LogP contribution < -0.4 is 5.32 Å². The molecule has 0 spiro atoms. The minimum Gasteiger partial charge on any atom is -0.372 e. The molecule has 1 N–H and O–H groups in total. The Labute approximate surface area is 147 Å². The first-order chi connectivity index (χ1) is 11.7. The molecule has 24 heavy (non-hydrogen) atoms. The molecule has 5 nitrogen and oxygen atoms in total. The molecular formula is C18H24N4OS. The Morgan fingerprint density at radius 2 is 2.25 bits per heavy atom. The smallest absolute Gasteiger partial charge is 0.227 e. The molecule has 2 aromatic rings. The fourth-order valence-corrected chi connectivity index (χ4v) is 3.87. The maximum atomic E-state index is 12.5.